The van der Waals surface area contributed by atoms with E-state index in [0.29, 0.717) is 23.9 Å². The Bertz CT molecular complexity index is 1210. The van der Waals surface area contributed by atoms with Crippen LogP contribution in [0.1, 0.15) is 47.5 Å². The van der Waals surface area contributed by atoms with E-state index in [2.05, 4.69) is 4.98 Å². The number of carbonyl (C=O) groups excluding carboxylic acids is 1. The Hall–Kier alpha value is -2.67. The van der Waals surface area contributed by atoms with Gasteiger partial charge in [-0.15, -0.1) is 0 Å². The van der Waals surface area contributed by atoms with Crippen molar-refractivity contribution in [2.45, 2.75) is 42.1 Å². The number of nitrogens with one attached hydrogen (secondary N) is 1. The van der Waals surface area contributed by atoms with Crippen LogP contribution < -0.4 is 5.73 Å². The number of primary amides is 1. The molecule has 3 heterocycles. The summed E-state index contributed by atoms with van der Waals surface area (Å²) in [5.74, 6) is -0.751. The summed E-state index contributed by atoms with van der Waals surface area (Å²) in [5, 5.41) is 0.337. The van der Waals surface area contributed by atoms with Crippen LogP contribution in [0.5, 0.6) is 0 Å². The van der Waals surface area contributed by atoms with Gasteiger partial charge in [0.25, 0.3) is 5.91 Å². The Morgan fingerprint density at radius 1 is 1.03 bits per heavy atom. The normalized spacial score (nSPS) is 25.3. The highest BCUT2D eigenvalue weighted by atomic mass is 32.2. The van der Waals surface area contributed by atoms with Gasteiger partial charge in [0.05, 0.1) is 21.6 Å². The fourth-order valence-electron chi connectivity index (χ4n) is 5.06. The number of carbonyl (C=O) groups is 1. The molecule has 2 aliphatic rings. The highest BCUT2D eigenvalue weighted by Crippen LogP contribution is 2.47. The van der Waals surface area contributed by atoms with Crippen molar-refractivity contribution in [3.8, 4) is 11.1 Å². The number of rotatable bonds is 3. The van der Waals surface area contributed by atoms with Crippen LogP contribution in [0, 0.1) is 5.82 Å². The summed E-state index contributed by atoms with van der Waals surface area (Å²) in [6.07, 6.45) is 4.57. The molecule has 3 N–H and O–H groups in total. The number of hydrogen-bond acceptors (Lipinski definition) is 3. The third-order valence-electron chi connectivity index (χ3n) is 6.54. The zero-order valence-corrected chi connectivity index (χ0v) is 16.5. The van der Waals surface area contributed by atoms with Crippen molar-refractivity contribution in [2.24, 2.45) is 5.73 Å². The van der Waals surface area contributed by atoms with E-state index in [-0.39, 0.29) is 22.2 Å². The minimum absolute atomic E-state index is 0.119. The fourth-order valence-corrected chi connectivity index (χ4v) is 7.53. The summed E-state index contributed by atoms with van der Waals surface area (Å²) >= 11 is 0. The molecular weight excluding hydrogens is 391 g/mol. The quantitative estimate of drug-likeness (QED) is 0.683. The van der Waals surface area contributed by atoms with E-state index >= 15 is 0 Å². The van der Waals surface area contributed by atoms with Crippen molar-refractivity contribution in [1.82, 2.24) is 4.98 Å². The molecule has 5 nitrogen and oxygen atoms in total. The first kappa shape index (κ1) is 18.4. The second kappa shape index (κ2) is 6.42. The van der Waals surface area contributed by atoms with Gasteiger partial charge < -0.3 is 10.7 Å². The van der Waals surface area contributed by atoms with Crippen LogP contribution in [0.4, 0.5) is 4.39 Å². The van der Waals surface area contributed by atoms with Gasteiger partial charge in [0, 0.05) is 11.6 Å². The van der Waals surface area contributed by atoms with Crippen LogP contribution >= 0.6 is 0 Å². The van der Waals surface area contributed by atoms with E-state index in [1.165, 1.54) is 12.1 Å². The van der Waals surface area contributed by atoms with Crippen molar-refractivity contribution < 1.29 is 17.6 Å². The van der Waals surface area contributed by atoms with Gasteiger partial charge in [0.1, 0.15) is 5.82 Å². The van der Waals surface area contributed by atoms with Gasteiger partial charge in [-0.3, -0.25) is 4.79 Å². The molecule has 29 heavy (non-hydrogen) atoms. The molecule has 2 saturated heterocycles. The smallest absolute Gasteiger partial charge is 0.250 e. The maximum atomic E-state index is 13.3. The summed E-state index contributed by atoms with van der Waals surface area (Å²) in [6, 6.07) is 9.79. The number of aromatic nitrogens is 1. The van der Waals surface area contributed by atoms with Gasteiger partial charge in [-0.25, -0.2) is 12.8 Å². The third-order valence-corrected chi connectivity index (χ3v) is 9.25. The number of sulfone groups is 1. The molecule has 2 fully saturated rings. The second-order valence-electron chi connectivity index (χ2n) is 8.14. The molecule has 1 aromatic heterocycles. The molecule has 2 aliphatic heterocycles. The van der Waals surface area contributed by atoms with E-state index in [4.69, 9.17) is 5.73 Å². The first-order valence-electron chi connectivity index (χ1n) is 9.78. The van der Waals surface area contributed by atoms with E-state index in [1.807, 2.05) is 12.3 Å². The molecule has 0 saturated carbocycles. The summed E-state index contributed by atoms with van der Waals surface area (Å²) in [5.41, 5.74) is 9.26. The minimum atomic E-state index is -3.00. The Morgan fingerprint density at radius 3 is 2.31 bits per heavy atom. The maximum absolute atomic E-state index is 13.3. The monoisotopic (exact) mass is 412 g/mol. The van der Waals surface area contributed by atoms with E-state index in [9.17, 15) is 17.6 Å². The Kier molecular flexibility index (Phi) is 4.07. The molecule has 0 spiro atoms. The van der Waals surface area contributed by atoms with Crippen LogP contribution in [0.15, 0.2) is 42.6 Å². The number of fused-ring (bicyclic) bond motifs is 3. The zero-order valence-electron chi connectivity index (χ0n) is 15.7. The molecule has 5 rings (SSSR count). The Morgan fingerprint density at radius 2 is 1.69 bits per heavy atom. The lowest BCUT2D eigenvalue weighted by Crippen LogP contribution is -2.31. The van der Waals surface area contributed by atoms with Crippen molar-refractivity contribution >= 4 is 26.6 Å². The number of amides is 1. The van der Waals surface area contributed by atoms with Crippen molar-refractivity contribution in [1.29, 1.82) is 0 Å². The van der Waals surface area contributed by atoms with Gasteiger partial charge in [-0.2, -0.15) is 0 Å². The van der Waals surface area contributed by atoms with Crippen LogP contribution in [-0.2, 0) is 9.84 Å². The molecule has 3 atom stereocenters. The average molecular weight is 412 g/mol. The Labute approximate surface area is 168 Å². The summed E-state index contributed by atoms with van der Waals surface area (Å²) in [7, 11) is -3.00. The molecule has 3 aromatic rings. The standard InChI is InChI=1S/C22H21FN2O3S/c23-15-3-1-12(2-4-15)13-9-18-20(11-25-21(18)19(10-13)22(24)26)14-7-16-5-6-17(8-14)29(16,27)28/h1-4,9-11,14,16-17,25H,5-8H2,(H2,24,26)/t14-,16+,17-. The van der Waals surface area contributed by atoms with Crippen LogP contribution in [0.3, 0.4) is 0 Å². The van der Waals surface area contributed by atoms with Crippen molar-refractivity contribution in [3.63, 3.8) is 0 Å². The third kappa shape index (κ3) is 2.87. The largest absolute Gasteiger partial charge is 0.366 e. The summed E-state index contributed by atoms with van der Waals surface area (Å²) in [6.45, 7) is 0. The lowest BCUT2D eigenvalue weighted by atomic mass is 9.89. The highest BCUT2D eigenvalue weighted by Gasteiger charge is 2.47. The molecule has 1 amide bonds. The van der Waals surface area contributed by atoms with Gasteiger partial charge in [0.15, 0.2) is 9.84 Å². The second-order valence-corrected chi connectivity index (χ2v) is 10.7. The van der Waals surface area contributed by atoms with Crippen LogP contribution in [-0.4, -0.2) is 29.8 Å². The molecule has 7 heteroatoms. The number of benzene rings is 2. The van der Waals surface area contributed by atoms with Gasteiger partial charge >= 0.3 is 0 Å². The van der Waals surface area contributed by atoms with Crippen molar-refractivity contribution in [3.05, 3.63) is 59.5 Å². The molecule has 0 aliphatic carbocycles. The predicted molar refractivity (Wildman–Crippen MR) is 110 cm³/mol. The molecule has 0 unspecified atom stereocenters. The van der Waals surface area contributed by atoms with E-state index in [1.54, 1.807) is 18.2 Å². The fraction of sp³-hybridized carbons (Fsp3) is 0.318. The number of halogens is 1. The maximum Gasteiger partial charge on any atom is 0.250 e. The highest BCUT2D eigenvalue weighted by molar-refractivity contribution is 7.93. The topological polar surface area (TPSA) is 93.0 Å². The summed E-state index contributed by atoms with van der Waals surface area (Å²) < 4.78 is 38.3. The zero-order chi connectivity index (χ0) is 20.3. The van der Waals surface area contributed by atoms with Gasteiger partial charge in [-0.1, -0.05) is 12.1 Å². The number of hydrogen-bond donors (Lipinski definition) is 2. The predicted octanol–water partition coefficient (Wildman–Crippen LogP) is 3.90. The van der Waals surface area contributed by atoms with Gasteiger partial charge in [-0.05, 0) is 72.6 Å². The van der Waals surface area contributed by atoms with E-state index in [0.717, 1.165) is 34.9 Å². The first-order valence-corrected chi connectivity index (χ1v) is 11.4. The summed E-state index contributed by atoms with van der Waals surface area (Å²) in [4.78, 5) is 15.3. The molecule has 0 radical (unpaired) electrons. The lowest BCUT2D eigenvalue weighted by Gasteiger charge is -2.28. The van der Waals surface area contributed by atoms with Crippen molar-refractivity contribution in [2.75, 3.05) is 0 Å². The average Bonchev–Trinajstić information content (AvgIpc) is 3.12. The molecular formula is C22H21FN2O3S. The lowest BCUT2D eigenvalue weighted by molar-refractivity contribution is 0.100. The molecule has 2 bridgehead atoms. The number of H-pyrrole nitrogens is 1. The first-order chi connectivity index (χ1) is 13.8. The van der Waals surface area contributed by atoms with Gasteiger partial charge in [0.2, 0.25) is 0 Å². The van der Waals surface area contributed by atoms with Crippen LogP contribution in [0.2, 0.25) is 0 Å². The minimum Gasteiger partial charge on any atom is -0.366 e. The number of aromatic amines is 1. The Balaban J connectivity index is 1.64. The molecule has 2 aromatic carbocycles. The van der Waals surface area contributed by atoms with E-state index < -0.39 is 15.7 Å². The molecule has 150 valence electrons. The SMILES string of the molecule is NC(=O)c1cc(-c2ccc(F)cc2)cc2c([C@H]3C[C@H]4CC[C@@H](C3)S4(=O)=O)c[nH]c12. The number of nitrogens with two attached hydrogens (primary N) is 1. The van der Waals surface area contributed by atoms with Crippen LogP contribution in [0.25, 0.3) is 22.0 Å².